The van der Waals surface area contributed by atoms with Gasteiger partial charge in [-0.1, -0.05) is 72.7 Å². The lowest BCUT2D eigenvalue weighted by Crippen LogP contribution is -2.40. The lowest BCUT2D eigenvalue weighted by atomic mass is 9.83. The van der Waals surface area contributed by atoms with Crippen molar-refractivity contribution in [3.05, 3.63) is 83.4 Å². The van der Waals surface area contributed by atoms with Crippen molar-refractivity contribution in [1.82, 2.24) is 16.0 Å². The van der Waals surface area contributed by atoms with Crippen LogP contribution >= 0.6 is 0 Å². The Morgan fingerprint density at radius 3 is 2.22 bits per heavy atom. The highest BCUT2D eigenvalue weighted by Crippen LogP contribution is 2.51. The van der Waals surface area contributed by atoms with Crippen molar-refractivity contribution in [2.24, 2.45) is 5.92 Å². The number of nitrogens with one attached hydrogen (secondary N) is 4. The molecule has 0 aromatic heterocycles. The minimum atomic E-state index is -4.23. The van der Waals surface area contributed by atoms with E-state index in [9.17, 15) is 32.3 Å². The average molecular weight is 631 g/mol. The summed E-state index contributed by atoms with van der Waals surface area (Å²) < 4.78 is 38.4. The van der Waals surface area contributed by atoms with Crippen molar-refractivity contribution in [2.45, 2.75) is 62.7 Å². The van der Waals surface area contributed by atoms with Crippen molar-refractivity contribution < 1.29 is 32.3 Å². The number of benzene rings is 3. The van der Waals surface area contributed by atoms with E-state index in [0.717, 1.165) is 16.3 Å². The van der Waals surface area contributed by atoms with Gasteiger partial charge < -0.3 is 21.4 Å². The Labute approximate surface area is 264 Å². The minimum absolute atomic E-state index is 0.0167. The molecule has 0 spiro atoms. The van der Waals surface area contributed by atoms with Gasteiger partial charge in [0.05, 0.1) is 18.2 Å². The zero-order valence-corrected chi connectivity index (χ0v) is 24.9. The fourth-order valence-electron chi connectivity index (χ4n) is 6.04. The smallest absolute Gasteiger partial charge is 0.344 e. The Balaban J connectivity index is 1.12. The van der Waals surface area contributed by atoms with Crippen molar-refractivity contribution in [3.63, 3.8) is 0 Å². The summed E-state index contributed by atoms with van der Waals surface area (Å²) in [6.07, 6.45) is -2.58. The molecule has 2 aliphatic carbocycles. The van der Waals surface area contributed by atoms with E-state index in [-0.39, 0.29) is 50.0 Å². The largest absolute Gasteiger partial charge is 0.391 e. The van der Waals surface area contributed by atoms with E-state index >= 15 is 0 Å². The number of fused-ring (bicyclic) bond motifs is 1. The summed E-state index contributed by atoms with van der Waals surface area (Å²) in [6, 6.07) is 20.0. The molecule has 11 heteroatoms. The molecule has 0 heterocycles. The summed E-state index contributed by atoms with van der Waals surface area (Å²) in [7, 11) is 0. The molecule has 4 N–H and O–H groups in total. The number of alkyl halides is 3. The number of carbonyl (C=O) groups excluding carboxylic acids is 4. The molecule has 8 nitrogen and oxygen atoms in total. The van der Waals surface area contributed by atoms with Crippen LogP contribution in [0.5, 0.6) is 0 Å². The fraction of sp³-hybridized carbons (Fsp3) is 0.343. The first-order chi connectivity index (χ1) is 22.0. The summed E-state index contributed by atoms with van der Waals surface area (Å²) in [4.78, 5) is 50.4. The molecule has 2 aliphatic rings. The first-order valence-electron chi connectivity index (χ1n) is 15.1. The molecular formula is C35H33F3N4O4. The van der Waals surface area contributed by atoms with Gasteiger partial charge in [0.25, 0.3) is 5.91 Å². The van der Waals surface area contributed by atoms with Crippen LogP contribution in [0.3, 0.4) is 0 Å². The summed E-state index contributed by atoms with van der Waals surface area (Å²) in [6.45, 7) is -0.434. The number of halogens is 3. The van der Waals surface area contributed by atoms with Crippen LogP contribution in [-0.4, -0.2) is 48.0 Å². The number of rotatable bonds is 8. The van der Waals surface area contributed by atoms with Crippen LogP contribution in [0.2, 0.25) is 0 Å². The molecule has 0 aliphatic heterocycles. The number of ketones is 1. The fourth-order valence-corrected chi connectivity index (χ4v) is 6.04. The van der Waals surface area contributed by atoms with Crippen LogP contribution in [0.25, 0.3) is 10.8 Å². The average Bonchev–Trinajstić information content (AvgIpc) is 3.86. The van der Waals surface area contributed by atoms with Gasteiger partial charge in [-0.15, -0.1) is 0 Å². The quantitative estimate of drug-likeness (QED) is 0.124. The Morgan fingerprint density at radius 2 is 1.50 bits per heavy atom. The van der Waals surface area contributed by atoms with E-state index < -0.39 is 47.1 Å². The van der Waals surface area contributed by atoms with Crippen LogP contribution < -0.4 is 16.0 Å². The number of hydrogen-bond acceptors (Lipinski definition) is 5. The third-order valence-electron chi connectivity index (χ3n) is 8.73. The Bertz CT molecular complexity index is 1740. The Hall–Kier alpha value is -4.98. The van der Waals surface area contributed by atoms with Crippen molar-refractivity contribution in [2.75, 3.05) is 6.54 Å². The summed E-state index contributed by atoms with van der Waals surface area (Å²) in [5.74, 6) is 0.254. The van der Waals surface area contributed by atoms with Crippen LogP contribution in [0, 0.1) is 23.2 Å². The van der Waals surface area contributed by atoms with Gasteiger partial charge in [-0.25, -0.2) is 0 Å². The Morgan fingerprint density at radius 1 is 0.848 bits per heavy atom. The van der Waals surface area contributed by atoms with Gasteiger partial charge in [0, 0.05) is 23.6 Å². The second kappa shape index (κ2) is 13.6. The van der Waals surface area contributed by atoms with E-state index in [2.05, 4.69) is 27.8 Å². The first-order valence-corrected chi connectivity index (χ1v) is 15.1. The van der Waals surface area contributed by atoms with Crippen LogP contribution in [-0.2, 0) is 26.3 Å². The molecule has 0 bridgehead atoms. The second-order valence-electron chi connectivity index (χ2n) is 11.7. The molecule has 2 saturated carbocycles. The Kier molecular flexibility index (Phi) is 9.56. The summed E-state index contributed by atoms with van der Waals surface area (Å²) >= 11 is 0. The van der Waals surface area contributed by atoms with E-state index in [1.165, 1.54) is 0 Å². The maximum Gasteiger partial charge on any atom is 0.391 e. The van der Waals surface area contributed by atoms with Gasteiger partial charge in [0.15, 0.2) is 0 Å². The van der Waals surface area contributed by atoms with Crippen LogP contribution in [0.15, 0.2) is 66.7 Å². The summed E-state index contributed by atoms with van der Waals surface area (Å²) in [5, 5.41) is 18.3. The maximum atomic E-state index is 13.6. The number of hydrogen-bond donors (Lipinski definition) is 4. The second-order valence-corrected chi connectivity index (χ2v) is 11.7. The molecule has 3 amide bonds. The van der Waals surface area contributed by atoms with E-state index in [1.807, 2.05) is 42.5 Å². The molecule has 3 aromatic carbocycles. The highest BCUT2D eigenvalue weighted by atomic mass is 19.4. The number of carbonyl (C=O) groups is 4. The maximum absolute atomic E-state index is 13.6. The van der Waals surface area contributed by atoms with E-state index in [1.54, 1.807) is 24.3 Å². The summed E-state index contributed by atoms with van der Waals surface area (Å²) in [5.41, 5.74) is 0.965. The van der Waals surface area contributed by atoms with E-state index in [0.29, 0.717) is 18.4 Å². The van der Waals surface area contributed by atoms with Gasteiger partial charge in [0.1, 0.15) is 0 Å². The molecule has 5 rings (SSSR count). The molecule has 46 heavy (non-hydrogen) atoms. The molecule has 0 atom stereocenters. The number of amides is 3. The third-order valence-corrected chi connectivity index (χ3v) is 8.73. The highest BCUT2D eigenvalue weighted by molar-refractivity contribution is 6.49. The number of Topliss-reactive ketones (excluding diaryl/α,β-unsaturated/α-hetero) is 1. The standard InChI is InChI=1S/C35H33F3N4O4/c36-35(37,38)24-14-16-25(17-15-24)42-29(43)13-6-20-40-32(45)33(46)41-21-23-8-2-4-11-27(23)30(44)31(39)34(18-19-34)28-12-5-9-22-7-1-3-10-26(22)28/h1-5,7-12,24-25,39H,14-21H2,(H,40,45)(H,41,46)(H,42,43)/t24-,25-. The van der Waals surface area contributed by atoms with Gasteiger partial charge in [-0.05, 0) is 66.3 Å². The zero-order valence-electron chi connectivity index (χ0n) is 24.9. The van der Waals surface area contributed by atoms with Crippen molar-refractivity contribution in [3.8, 4) is 11.8 Å². The molecule has 0 unspecified atom stereocenters. The van der Waals surface area contributed by atoms with Gasteiger partial charge in [-0.3, -0.25) is 19.2 Å². The first kappa shape index (κ1) is 32.4. The molecular weight excluding hydrogens is 597 g/mol. The molecule has 0 saturated heterocycles. The monoisotopic (exact) mass is 630 g/mol. The zero-order chi connectivity index (χ0) is 32.9. The van der Waals surface area contributed by atoms with Gasteiger partial charge >= 0.3 is 18.0 Å². The van der Waals surface area contributed by atoms with E-state index in [4.69, 9.17) is 5.41 Å². The van der Waals surface area contributed by atoms with Crippen molar-refractivity contribution in [1.29, 1.82) is 5.41 Å². The molecule has 2 fully saturated rings. The third kappa shape index (κ3) is 7.28. The van der Waals surface area contributed by atoms with Gasteiger partial charge in [0.2, 0.25) is 5.78 Å². The van der Waals surface area contributed by atoms with Gasteiger partial charge in [-0.2, -0.15) is 13.2 Å². The predicted molar refractivity (Wildman–Crippen MR) is 166 cm³/mol. The molecule has 0 radical (unpaired) electrons. The molecule has 238 valence electrons. The predicted octanol–water partition coefficient (Wildman–Crippen LogP) is 4.75. The van der Waals surface area contributed by atoms with Crippen LogP contribution in [0.4, 0.5) is 13.2 Å². The van der Waals surface area contributed by atoms with Crippen molar-refractivity contribution >= 4 is 40.0 Å². The normalized spacial score (nSPS) is 18.4. The molecule has 3 aromatic rings. The lowest BCUT2D eigenvalue weighted by molar-refractivity contribution is -0.182. The highest BCUT2D eigenvalue weighted by Gasteiger charge is 2.51. The van der Waals surface area contributed by atoms with Crippen LogP contribution in [0.1, 0.15) is 60.0 Å². The SMILES string of the molecule is N=C(C(=O)c1ccccc1CNC(=O)C(=O)NCC#CC(=O)N[C@H]1CC[C@H](C(F)(F)F)CC1)C1(c2cccc3ccccc23)CC1. The minimum Gasteiger partial charge on any atom is -0.344 e. The topological polar surface area (TPSA) is 128 Å². The lowest BCUT2D eigenvalue weighted by Gasteiger charge is -2.29.